The molecular formula is C13H24N4O4. The van der Waals surface area contributed by atoms with Gasteiger partial charge in [-0.1, -0.05) is 6.42 Å². The molecule has 0 radical (unpaired) electrons. The van der Waals surface area contributed by atoms with Crippen LogP contribution in [0, 0.1) is 0 Å². The molecule has 0 heterocycles. The van der Waals surface area contributed by atoms with Crippen LogP contribution in [0.3, 0.4) is 0 Å². The summed E-state index contributed by atoms with van der Waals surface area (Å²) in [6, 6.07) is 0. The Bertz CT molecular complexity index is 368. The summed E-state index contributed by atoms with van der Waals surface area (Å²) in [4.78, 5) is 45.3. The maximum atomic E-state index is 11.6. The van der Waals surface area contributed by atoms with E-state index in [0.29, 0.717) is 13.0 Å². The zero-order valence-corrected chi connectivity index (χ0v) is 12.4. The molecule has 0 aromatic carbocycles. The van der Waals surface area contributed by atoms with E-state index in [1.54, 1.807) is 6.92 Å². The highest BCUT2D eigenvalue weighted by Gasteiger charge is 2.14. The fourth-order valence-corrected chi connectivity index (χ4v) is 1.77. The molecule has 120 valence electrons. The van der Waals surface area contributed by atoms with Gasteiger partial charge in [0.1, 0.15) is 5.78 Å². The van der Waals surface area contributed by atoms with Crippen LogP contribution in [0.5, 0.6) is 0 Å². The first-order chi connectivity index (χ1) is 9.81. The maximum Gasteiger partial charge on any atom is 0.234 e. The van der Waals surface area contributed by atoms with E-state index in [-0.39, 0.29) is 31.3 Å². The number of rotatable bonds is 12. The molecule has 0 unspecified atom stereocenters. The molecule has 3 amide bonds. The summed E-state index contributed by atoms with van der Waals surface area (Å²) in [6.07, 6.45) is 2.98. The highest BCUT2D eigenvalue weighted by molar-refractivity contribution is 5.82. The third-order valence-electron chi connectivity index (χ3n) is 2.65. The molecule has 0 aliphatic rings. The smallest absolute Gasteiger partial charge is 0.234 e. The van der Waals surface area contributed by atoms with Crippen molar-refractivity contribution in [3.05, 3.63) is 0 Å². The molecule has 0 aliphatic carbocycles. The number of hydrogen-bond donors (Lipinski definition) is 3. The Morgan fingerprint density at radius 1 is 0.905 bits per heavy atom. The van der Waals surface area contributed by atoms with Crippen molar-refractivity contribution in [3.8, 4) is 0 Å². The van der Waals surface area contributed by atoms with Crippen molar-refractivity contribution in [3.63, 3.8) is 0 Å². The number of ketones is 1. The average molecular weight is 300 g/mol. The Kier molecular flexibility index (Phi) is 9.78. The molecule has 0 aromatic heterocycles. The summed E-state index contributed by atoms with van der Waals surface area (Å²) in [7, 11) is 0. The van der Waals surface area contributed by atoms with Crippen molar-refractivity contribution < 1.29 is 19.2 Å². The summed E-state index contributed by atoms with van der Waals surface area (Å²) in [5.41, 5.74) is 10.1. The van der Waals surface area contributed by atoms with Crippen LogP contribution >= 0.6 is 0 Å². The number of carbonyl (C=O) groups excluding carboxylic acids is 4. The lowest BCUT2D eigenvalue weighted by molar-refractivity contribution is -0.125. The molecule has 0 bridgehead atoms. The number of nitrogens with zero attached hydrogens (tertiary/aromatic N) is 1. The van der Waals surface area contributed by atoms with E-state index < -0.39 is 11.8 Å². The first-order valence-corrected chi connectivity index (χ1v) is 6.86. The largest absolute Gasteiger partial charge is 0.369 e. The number of amides is 3. The van der Waals surface area contributed by atoms with Crippen LogP contribution in [0.25, 0.3) is 0 Å². The second-order valence-electron chi connectivity index (χ2n) is 4.94. The van der Waals surface area contributed by atoms with E-state index in [9.17, 15) is 19.2 Å². The monoisotopic (exact) mass is 300 g/mol. The molecular weight excluding hydrogens is 276 g/mol. The van der Waals surface area contributed by atoms with Gasteiger partial charge in [0.05, 0.1) is 19.6 Å². The van der Waals surface area contributed by atoms with Crippen LogP contribution in [0.15, 0.2) is 0 Å². The SMILES string of the molecule is CC(=O)CCCCCNC(=O)CN(CC(N)=O)CC(N)=O. The van der Waals surface area contributed by atoms with Crippen LogP contribution in [0.1, 0.15) is 32.6 Å². The third kappa shape index (κ3) is 12.8. The van der Waals surface area contributed by atoms with Crippen LogP contribution < -0.4 is 16.8 Å². The Hall–Kier alpha value is -1.96. The lowest BCUT2D eigenvalue weighted by atomic mass is 10.1. The van der Waals surface area contributed by atoms with Crippen LogP contribution in [-0.4, -0.2) is 54.6 Å². The minimum Gasteiger partial charge on any atom is -0.369 e. The number of primary amides is 2. The van der Waals surface area contributed by atoms with Gasteiger partial charge in [0, 0.05) is 13.0 Å². The van der Waals surface area contributed by atoms with E-state index in [1.165, 1.54) is 4.90 Å². The van der Waals surface area contributed by atoms with Gasteiger partial charge in [-0.2, -0.15) is 0 Å². The van der Waals surface area contributed by atoms with Gasteiger partial charge >= 0.3 is 0 Å². The van der Waals surface area contributed by atoms with Crippen LogP contribution in [-0.2, 0) is 19.2 Å². The van der Waals surface area contributed by atoms with Gasteiger partial charge in [0.15, 0.2) is 0 Å². The van der Waals surface area contributed by atoms with E-state index in [2.05, 4.69) is 5.32 Å². The van der Waals surface area contributed by atoms with E-state index in [4.69, 9.17) is 11.5 Å². The molecule has 5 N–H and O–H groups in total. The highest BCUT2D eigenvalue weighted by Crippen LogP contribution is 1.99. The molecule has 0 spiro atoms. The summed E-state index contributed by atoms with van der Waals surface area (Å²) in [6.45, 7) is 1.52. The number of carbonyl (C=O) groups is 4. The van der Waals surface area contributed by atoms with Gasteiger partial charge in [0.2, 0.25) is 17.7 Å². The summed E-state index contributed by atoms with van der Waals surface area (Å²) in [5, 5.41) is 2.68. The van der Waals surface area contributed by atoms with Gasteiger partial charge < -0.3 is 21.6 Å². The minimum atomic E-state index is -0.631. The number of hydrogen-bond acceptors (Lipinski definition) is 5. The quantitative estimate of drug-likeness (QED) is 0.378. The number of nitrogens with two attached hydrogens (primary N) is 2. The van der Waals surface area contributed by atoms with Gasteiger partial charge in [-0.3, -0.25) is 19.3 Å². The van der Waals surface area contributed by atoms with E-state index >= 15 is 0 Å². The van der Waals surface area contributed by atoms with E-state index in [1.807, 2.05) is 0 Å². The van der Waals surface area contributed by atoms with Crippen molar-refractivity contribution >= 4 is 23.5 Å². The molecule has 8 nitrogen and oxygen atoms in total. The van der Waals surface area contributed by atoms with Crippen molar-refractivity contribution in [2.24, 2.45) is 11.5 Å². The van der Waals surface area contributed by atoms with E-state index in [0.717, 1.165) is 19.3 Å². The predicted octanol–water partition coefficient (Wildman–Crippen LogP) is -1.48. The molecule has 0 saturated carbocycles. The summed E-state index contributed by atoms with van der Waals surface area (Å²) in [5.74, 6) is -1.40. The second kappa shape index (κ2) is 10.8. The Labute approximate surface area is 124 Å². The highest BCUT2D eigenvalue weighted by atomic mass is 16.2. The Morgan fingerprint density at radius 2 is 1.48 bits per heavy atom. The Balaban J connectivity index is 3.89. The standard InChI is InChI=1S/C13H24N4O4/c1-10(18)5-3-2-4-6-16-13(21)9-17(7-11(14)19)8-12(15)20/h2-9H2,1H3,(H2,14,19)(H2,15,20)(H,16,21). The minimum absolute atomic E-state index is 0.112. The first-order valence-electron chi connectivity index (χ1n) is 6.86. The number of nitrogens with one attached hydrogen (secondary N) is 1. The maximum absolute atomic E-state index is 11.6. The first kappa shape index (κ1) is 19.0. The van der Waals surface area contributed by atoms with Crippen molar-refractivity contribution in [1.82, 2.24) is 10.2 Å². The normalized spacial score (nSPS) is 10.4. The van der Waals surface area contributed by atoms with Crippen molar-refractivity contribution in [1.29, 1.82) is 0 Å². The molecule has 0 rings (SSSR count). The molecule has 0 saturated heterocycles. The van der Waals surface area contributed by atoms with Gasteiger partial charge in [0.25, 0.3) is 0 Å². The molecule has 0 aliphatic heterocycles. The zero-order valence-electron chi connectivity index (χ0n) is 12.4. The molecule has 0 fully saturated rings. The molecule has 21 heavy (non-hydrogen) atoms. The van der Waals surface area contributed by atoms with Crippen molar-refractivity contribution in [2.75, 3.05) is 26.2 Å². The summed E-state index contributed by atoms with van der Waals surface area (Å²) < 4.78 is 0. The number of Topliss-reactive ketones (excluding diaryl/α,β-unsaturated/α-hetero) is 1. The lowest BCUT2D eigenvalue weighted by Crippen LogP contribution is -2.45. The average Bonchev–Trinajstić information content (AvgIpc) is 2.31. The summed E-state index contributed by atoms with van der Waals surface area (Å²) >= 11 is 0. The molecule has 8 heteroatoms. The topological polar surface area (TPSA) is 136 Å². The second-order valence-corrected chi connectivity index (χ2v) is 4.94. The van der Waals surface area contributed by atoms with Gasteiger partial charge in [-0.25, -0.2) is 0 Å². The fraction of sp³-hybridized carbons (Fsp3) is 0.692. The van der Waals surface area contributed by atoms with Crippen LogP contribution in [0.4, 0.5) is 0 Å². The Morgan fingerprint density at radius 3 is 1.95 bits per heavy atom. The zero-order chi connectivity index (χ0) is 16.3. The fourth-order valence-electron chi connectivity index (χ4n) is 1.77. The molecule has 0 atom stereocenters. The van der Waals surface area contributed by atoms with Crippen molar-refractivity contribution in [2.45, 2.75) is 32.6 Å². The van der Waals surface area contributed by atoms with Gasteiger partial charge in [-0.05, 0) is 19.8 Å². The van der Waals surface area contributed by atoms with Crippen LogP contribution in [0.2, 0.25) is 0 Å². The van der Waals surface area contributed by atoms with Gasteiger partial charge in [-0.15, -0.1) is 0 Å². The lowest BCUT2D eigenvalue weighted by Gasteiger charge is -2.18. The third-order valence-corrected chi connectivity index (χ3v) is 2.65. The predicted molar refractivity (Wildman–Crippen MR) is 77.0 cm³/mol. The number of unbranched alkanes of at least 4 members (excludes halogenated alkanes) is 2. The molecule has 0 aromatic rings.